The molecule has 0 saturated heterocycles. The second kappa shape index (κ2) is 6.46. The fourth-order valence-corrected chi connectivity index (χ4v) is 4.07. The van der Waals surface area contributed by atoms with Crippen LogP contribution in [0.2, 0.25) is 0 Å². The molecule has 0 saturated carbocycles. The Bertz CT molecular complexity index is 1160. The standard InChI is InChI=1S/C20H16FN3OS/c1-3-12-8-9-22-15(10-12)18-23-19(25)17-16(11(2)26-20(17)24-18)13-4-6-14(21)7-5-13/h4-10H,3H2,1-2H3,(H,23,24,25). The molecule has 3 aromatic heterocycles. The van der Waals surface area contributed by atoms with Crippen molar-refractivity contribution >= 4 is 21.6 Å². The summed E-state index contributed by atoms with van der Waals surface area (Å²) in [6, 6.07) is 10.0. The van der Waals surface area contributed by atoms with Crippen LogP contribution in [0.1, 0.15) is 17.4 Å². The first-order chi connectivity index (χ1) is 12.6. The van der Waals surface area contributed by atoms with Gasteiger partial charge in [-0.25, -0.2) is 9.37 Å². The summed E-state index contributed by atoms with van der Waals surface area (Å²) in [5.74, 6) is 0.159. The van der Waals surface area contributed by atoms with Gasteiger partial charge >= 0.3 is 0 Å². The van der Waals surface area contributed by atoms with Gasteiger partial charge in [-0.1, -0.05) is 19.1 Å². The predicted molar refractivity (Wildman–Crippen MR) is 103 cm³/mol. The summed E-state index contributed by atoms with van der Waals surface area (Å²) in [5, 5.41) is 0.537. The van der Waals surface area contributed by atoms with E-state index in [-0.39, 0.29) is 11.4 Å². The van der Waals surface area contributed by atoms with Crippen LogP contribution in [0.5, 0.6) is 0 Å². The van der Waals surface area contributed by atoms with Gasteiger partial charge in [-0.3, -0.25) is 9.78 Å². The SMILES string of the molecule is CCc1ccnc(-c2nc3sc(C)c(-c4ccc(F)cc4)c3c(=O)[nH]2)c1. The number of nitrogens with zero attached hydrogens (tertiary/aromatic N) is 2. The molecule has 1 aromatic carbocycles. The number of benzene rings is 1. The number of aromatic amines is 1. The zero-order valence-corrected chi connectivity index (χ0v) is 15.2. The molecule has 0 spiro atoms. The third-order valence-corrected chi connectivity index (χ3v) is 5.35. The van der Waals surface area contributed by atoms with Gasteiger partial charge in [-0.05, 0) is 48.7 Å². The number of pyridine rings is 1. The topological polar surface area (TPSA) is 58.6 Å². The summed E-state index contributed by atoms with van der Waals surface area (Å²) < 4.78 is 13.2. The first kappa shape index (κ1) is 16.6. The normalized spacial score (nSPS) is 11.2. The van der Waals surface area contributed by atoms with Crippen LogP contribution in [0, 0.1) is 12.7 Å². The van der Waals surface area contributed by atoms with Crippen molar-refractivity contribution in [3.63, 3.8) is 0 Å². The molecule has 1 N–H and O–H groups in total. The highest BCUT2D eigenvalue weighted by Crippen LogP contribution is 2.36. The largest absolute Gasteiger partial charge is 0.305 e. The number of H-pyrrole nitrogens is 1. The van der Waals surface area contributed by atoms with Crippen molar-refractivity contribution in [1.82, 2.24) is 15.0 Å². The molecule has 4 rings (SSSR count). The zero-order chi connectivity index (χ0) is 18.3. The van der Waals surface area contributed by atoms with Crippen LogP contribution >= 0.6 is 11.3 Å². The number of aromatic nitrogens is 3. The van der Waals surface area contributed by atoms with E-state index in [2.05, 4.69) is 21.9 Å². The van der Waals surface area contributed by atoms with Crippen LogP contribution in [0.25, 0.3) is 32.9 Å². The maximum absolute atomic E-state index is 13.2. The van der Waals surface area contributed by atoms with Crippen LogP contribution < -0.4 is 5.56 Å². The molecule has 130 valence electrons. The van der Waals surface area contributed by atoms with Gasteiger partial charge < -0.3 is 4.98 Å². The molecule has 0 aliphatic carbocycles. The van der Waals surface area contributed by atoms with Gasteiger partial charge in [0.1, 0.15) is 16.3 Å². The molecule has 4 aromatic rings. The lowest BCUT2D eigenvalue weighted by atomic mass is 10.0. The Morgan fingerprint density at radius 3 is 2.69 bits per heavy atom. The van der Waals surface area contributed by atoms with Gasteiger partial charge in [0, 0.05) is 16.6 Å². The molecule has 0 aliphatic rings. The number of fused-ring (bicyclic) bond motifs is 1. The summed E-state index contributed by atoms with van der Waals surface area (Å²) >= 11 is 1.46. The van der Waals surface area contributed by atoms with Gasteiger partial charge in [-0.15, -0.1) is 11.3 Å². The number of thiophene rings is 1. The van der Waals surface area contributed by atoms with E-state index in [0.29, 0.717) is 21.7 Å². The van der Waals surface area contributed by atoms with Crippen LogP contribution in [-0.2, 0) is 6.42 Å². The van der Waals surface area contributed by atoms with E-state index in [1.54, 1.807) is 18.3 Å². The number of nitrogens with one attached hydrogen (secondary N) is 1. The van der Waals surface area contributed by atoms with E-state index < -0.39 is 0 Å². The van der Waals surface area contributed by atoms with E-state index in [4.69, 9.17) is 0 Å². The van der Waals surface area contributed by atoms with Crippen molar-refractivity contribution in [2.75, 3.05) is 0 Å². The van der Waals surface area contributed by atoms with Gasteiger partial charge in [0.15, 0.2) is 5.82 Å². The maximum Gasteiger partial charge on any atom is 0.260 e. The molecule has 0 aliphatic heterocycles. The van der Waals surface area contributed by atoms with Crippen LogP contribution in [0.4, 0.5) is 4.39 Å². The molecular formula is C20H16FN3OS. The number of hydrogen-bond acceptors (Lipinski definition) is 4. The summed E-state index contributed by atoms with van der Waals surface area (Å²) in [5.41, 5.74) is 3.18. The van der Waals surface area contributed by atoms with Crippen molar-refractivity contribution in [2.45, 2.75) is 20.3 Å². The van der Waals surface area contributed by atoms with Gasteiger partial charge in [-0.2, -0.15) is 0 Å². The first-order valence-electron chi connectivity index (χ1n) is 8.31. The summed E-state index contributed by atoms with van der Waals surface area (Å²) in [4.78, 5) is 26.3. The molecular weight excluding hydrogens is 349 g/mol. The number of aryl methyl sites for hydroxylation is 2. The van der Waals surface area contributed by atoms with Crippen molar-refractivity contribution in [1.29, 1.82) is 0 Å². The Hall–Kier alpha value is -2.86. The monoisotopic (exact) mass is 365 g/mol. The highest BCUT2D eigenvalue weighted by Gasteiger charge is 2.17. The molecule has 0 amide bonds. The highest BCUT2D eigenvalue weighted by molar-refractivity contribution is 7.19. The minimum atomic E-state index is -0.304. The van der Waals surface area contributed by atoms with Crippen LogP contribution in [0.3, 0.4) is 0 Å². The van der Waals surface area contributed by atoms with Crippen molar-refractivity contribution in [2.24, 2.45) is 0 Å². The van der Waals surface area contributed by atoms with E-state index in [1.165, 1.54) is 23.5 Å². The second-order valence-electron chi connectivity index (χ2n) is 6.04. The minimum Gasteiger partial charge on any atom is -0.305 e. The number of hydrogen-bond donors (Lipinski definition) is 1. The van der Waals surface area contributed by atoms with Crippen LogP contribution in [0.15, 0.2) is 47.4 Å². The van der Waals surface area contributed by atoms with E-state index >= 15 is 0 Å². The molecule has 4 nitrogen and oxygen atoms in total. The van der Waals surface area contributed by atoms with Crippen molar-refractivity contribution in [3.8, 4) is 22.6 Å². The summed E-state index contributed by atoms with van der Waals surface area (Å²) in [7, 11) is 0. The summed E-state index contributed by atoms with van der Waals surface area (Å²) in [6.07, 6.45) is 2.61. The average molecular weight is 365 g/mol. The Balaban J connectivity index is 1.92. The third kappa shape index (κ3) is 2.82. The first-order valence-corrected chi connectivity index (χ1v) is 9.13. The number of halogens is 1. The Morgan fingerprint density at radius 2 is 1.96 bits per heavy atom. The quantitative estimate of drug-likeness (QED) is 0.571. The van der Waals surface area contributed by atoms with E-state index in [9.17, 15) is 9.18 Å². The predicted octanol–water partition coefficient (Wildman–Crippen LogP) is 4.72. The molecule has 0 unspecified atom stereocenters. The highest BCUT2D eigenvalue weighted by atomic mass is 32.1. The Kier molecular flexibility index (Phi) is 4.12. The van der Waals surface area contributed by atoms with E-state index in [1.807, 2.05) is 19.1 Å². The molecule has 26 heavy (non-hydrogen) atoms. The van der Waals surface area contributed by atoms with Gasteiger partial charge in [0.25, 0.3) is 5.56 Å². The van der Waals surface area contributed by atoms with E-state index in [0.717, 1.165) is 28.0 Å². The minimum absolute atomic E-state index is 0.211. The lowest BCUT2D eigenvalue weighted by Crippen LogP contribution is -2.09. The van der Waals surface area contributed by atoms with Gasteiger partial charge in [0.05, 0.1) is 5.39 Å². The van der Waals surface area contributed by atoms with Crippen molar-refractivity contribution < 1.29 is 4.39 Å². The second-order valence-corrected chi connectivity index (χ2v) is 7.24. The summed E-state index contributed by atoms with van der Waals surface area (Å²) in [6.45, 7) is 4.01. The average Bonchev–Trinajstić information content (AvgIpc) is 2.99. The molecule has 3 heterocycles. The van der Waals surface area contributed by atoms with Gasteiger partial charge in [0.2, 0.25) is 0 Å². The lowest BCUT2D eigenvalue weighted by molar-refractivity contribution is 0.628. The Morgan fingerprint density at radius 1 is 1.19 bits per heavy atom. The number of rotatable bonds is 3. The molecule has 0 atom stereocenters. The van der Waals surface area contributed by atoms with Crippen LogP contribution in [-0.4, -0.2) is 15.0 Å². The molecule has 0 radical (unpaired) electrons. The zero-order valence-electron chi connectivity index (χ0n) is 14.3. The Labute approximate surface area is 153 Å². The fourth-order valence-electron chi connectivity index (χ4n) is 3.03. The third-order valence-electron chi connectivity index (χ3n) is 4.35. The molecule has 6 heteroatoms. The molecule has 0 fully saturated rings. The molecule has 0 bridgehead atoms. The smallest absolute Gasteiger partial charge is 0.260 e. The fraction of sp³-hybridized carbons (Fsp3) is 0.150. The maximum atomic E-state index is 13.2. The lowest BCUT2D eigenvalue weighted by Gasteiger charge is -2.04. The van der Waals surface area contributed by atoms with Crippen molar-refractivity contribution in [3.05, 3.63) is 69.2 Å².